The van der Waals surface area contributed by atoms with Crippen molar-refractivity contribution in [3.05, 3.63) is 59.3 Å². The second-order valence-electron chi connectivity index (χ2n) is 10.9. The molecule has 1 heteroatoms. The van der Waals surface area contributed by atoms with Crippen molar-refractivity contribution < 1.29 is 5.11 Å². The molecular weight excluding hydrogens is 352 g/mol. The van der Waals surface area contributed by atoms with E-state index in [2.05, 4.69) is 63.3 Å². The molecule has 5 aliphatic rings. The maximum Gasteiger partial charge on any atom is 0.0577 e. The van der Waals surface area contributed by atoms with Crippen molar-refractivity contribution in [1.29, 1.82) is 0 Å². The molecule has 7 atom stereocenters. The lowest BCUT2D eigenvalue weighted by molar-refractivity contribution is -0.0287. The van der Waals surface area contributed by atoms with E-state index in [-0.39, 0.29) is 6.10 Å². The maximum atomic E-state index is 10.2. The first kappa shape index (κ1) is 19.6. The van der Waals surface area contributed by atoms with Crippen molar-refractivity contribution in [2.75, 3.05) is 0 Å². The van der Waals surface area contributed by atoms with Crippen molar-refractivity contribution in [3.8, 4) is 0 Å². The van der Waals surface area contributed by atoms with E-state index in [4.69, 9.17) is 0 Å². The van der Waals surface area contributed by atoms with Gasteiger partial charge < -0.3 is 5.11 Å². The van der Waals surface area contributed by atoms with Gasteiger partial charge in [-0.2, -0.15) is 0 Å². The predicted molar refractivity (Wildman–Crippen MR) is 121 cm³/mol. The second-order valence-corrected chi connectivity index (χ2v) is 10.9. The SMILES string of the molecule is CCC1C=CC=C(C2=CCC3C4CC=C5CC(O)CCC5(C)C4CCC23C)C=C1. The molecule has 1 N–H and O–H groups in total. The van der Waals surface area contributed by atoms with Crippen LogP contribution >= 0.6 is 0 Å². The molecule has 0 amide bonds. The van der Waals surface area contributed by atoms with Gasteiger partial charge >= 0.3 is 0 Å². The molecule has 7 unspecified atom stereocenters. The van der Waals surface area contributed by atoms with Gasteiger partial charge in [-0.3, -0.25) is 0 Å². The van der Waals surface area contributed by atoms with Gasteiger partial charge in [0.1, 0.15) is 0 Å². The Labute approximate surface area is 177 Å². The molecule has 0 aromatic rings. The first-order valence-electron chi connectivity index (χ1n) is 12.1. The normalized spacial score (nSPS) is 46.1. The fourth-order valence-electron chi connectivity index (χ4n) is 7.76. The van der Waals surface area contributed by atoms with Crippen LogP contribution in [0.1, 0.15) is 72.1 Å². The van der Waals surface area contributed by atoms with Gasteiger partial charge in [-0.1, -0.05) is 68.9 Å². The third-order valence-corrected chi connectivity index (χ3v) is 9.60. The summed E-state index contributed by atoms with van der Waals surface area (Å²) in [6.07, 6.45) is 26.3. The zero-order valence-corrected chi connectivity index (χ0v) is 18.5. The molecule has 29 heavy (non-hydrogen) atoms. The van der Waals surface area contributed by atoms with Crippen LogP contribution in [0.2, 0.25) is 0 Å². The monoisotopic (exact) mass is 390 g/mol. The molecule has 1 nitrogen and oxygen atoms in total. The molecule has 0 aromatic carbocycles. The van der Waals surface area contributed by atoms with Gasteiger partial charge in [0.05, 0.1) is 6.10 Å². The van der Waals surface area contributed by atoms with Crippen LogP contribution in [0.15, 0.2) is 59.3 Å². The predicted octanol–water partition coefficient (Wildman–Crippen LogP) is 6.93. The number of aliphatic hydroxyl groups excluding tert-OH is 1. The van der Waals surface area contributed by atoms with E-state index in [0.717, 1.165) is 30.6 Å². The highest BCUT2D eigenvalue weighted by molar-refractivity contribution is 5.50. The molecule has 0 radical (unpaired) electrons. The van der Waals surface area contributed by atoms with Gasteiger partial charge in [0, 0.05) is 0 Å². The molecule has 0 spiro atoms. The summed E-state index contributed by atoms with van der Waals surface area (Å²) in [5, 5.41) is 10.2. The molecule has 0 heterocycles. The van der Waals surface area contributed by atoms with Crippen LogP contribution in [0.4, 0.5) is 0 Å². The lowest BCUT2D eigenvalue weighted by Gasteiger charge is -2.57. The number of hydrogen-bond donors (Lipinski definition) is 1. The highest BCUT2D eigenvalue weighted by Crippen LogP contribution is 2.65. The Balaban J connectivity index is 1.43. The van der Waals surface area contributed by atoms with E-state index in [1.807, 2.05) is 0 Å². The van der Waals surface area contributed by atoms with E-state index >= 15 is 0 Å². The standard InChI is InChI=1S/C28H38O/c1-4-19-6-5-7-20(9-8-19)24-12-13-25-23-11-10-21-18-22(29)14-16-27(21,2)26(23)15-17-28(24,25)3/h5-10,12,19,22-23,25-26,29H,4,11,13-18H2,1-3H3. The van der Waals surface area contributed by atoms with Gasteiger partial charge in [-0.15, -0.1) is 0 Å². The zero-order valence-electron chi connectivity index (χ0n) is 18.5. The quantitative estimate of drug-likeness (QED) is 0.507. The maximum absolute atomic E-state index is 10.2. The first-order valence-corrected chi connectivity index (χ1v) is 12.1. The molecule has 2 fully saturated rings. The summed E-state index contributed by atoms with van der Waals surface area (Å²) in [5.74, 6) is 2.97. The first-order chi connectivity index (χ1) is 14.0. The average molecular weight is 391 g/mol. The molecule has 156 valence electrons. The third-order valence-electron chi connectivity index (χ3n) is 9.60. The van der Waals surface area contributed by atoms with E-state index in [1.165, 1.54) is 44.1 Å². The molecule has 2 saturated carbocycles. The summed E-state index contributed by atoms with van der Waals surface area (Å²) >= 11 is 0. The average Bonchev–Trinajstić information content (AvgIpc) is 2.90. The summed E-state index contributed by atoms with van der Waals surface area (Å²) in [7, 11) is 0. The molecule has 0 aliphatic heterocycles. The van der Waals surface area contributed by atoms with Gasteiger partial charge in [0.15, 0.2) is 0 Å². The van der Waals surface area contributed by atoms with Crippen LogP contribution in [0.3, 0.4) is 0 Å². The highest BCUT2D eigenvalue weighted by Gasteiger charge is 2.56. The Morgan fingerprint density at radius 3 is 2.66 bits per heavy atom. The Morgan fingerprint density at radius 1 is 1.00 bits per heavy atom. The zero-order chi connectivity index (χ0) is 20.2. The minimum atomic E-state index is -0.103. The van der Waals surface area contributed by atoms with E-state index in [0.29, 0.717) is 16.7 Å². The van der Waals surface area contributed by atoms with E-state index in [9.17, 15) is 5.11 Å². The minimum Gasteiger partial charge on any atom is -0.393 e. The van der Waals surface area contributed by atoms with Crippen molar-refractivity contribution >= 4 is 0 Å². The van der Waals surface area contributed by atoms with Crippen LogP contribution in [0.5, 0.6) is 0 Å². The Hall–Kier alpha value is -1.34. The fourth-order valence-corrected chi connectivity index (χ4v) is 7.76. The van der Waals surface area contributed by atoms with Crippen molar-refractivity contribution in [1.82, 2.24) is 0 Å². The van der Waals surface area contributed by atoms with Gasteiger partial charge in [-0.05, 0) is 97.0 Å². The number of allylic oxidation sites excluding steroid dienone is 9. The molecular formula is C28H38O. The Morgan fingerprint density at radius 2 is 1.83 bits per heavy atom. The highest BCUT2D eigenvalue weighted by atomic mass is 16.3. The van der Waals surface area contributed by atoms with Crippen molar-refractivity contribution in [2.45, 2.75) is 78.2 Å². The number of rotatable bonds is 2. The van der Waals surface area contributed by atoms with Gasteiger partial charge in [-0.25, -0.2) is 0 Å². The van der Waals surface area contributed by atoms with Gasteiger partial charge in [0.2, 0.25) is 0 Å². The molecule has 0 saturated heterocycles. The van der Waals surface area contributed by atoms with Crippen LogP contribution in [-0.4, -0.2) is 11.2 Å². The van der Waals surface area contributed by atoms with E-state index in [1.54, 1.807) is 11.1 Å². The topological polar surface area (TPSA) is 20.2 Å². The molecule has 0 bridgehead atoms. The van der Waals surface area contributed by atoms with Crippen molar-refractivity contribution in [3.63, 3.8) is 0 Å². The molecule has 5 aliphatic carbocycles. The van der Waals surface area contributed by atoms with E-state index < -0.39 is 0 Å². The largest absolute Gasteiger partial charge is 0.393 e. The van der Waals surface area contributed by atoms with Gasteiger partial charge in [0.25, 0.3) is 0 Å². The summed E-state index contributed by atoms with van der Waals surface area (Å²) in [4.78, 5) is 0. The van der Waals surface area contributed by atoms with Crippen LogP contribution in [-0.2, 0) is 0 Å². The van der Waals surface area contributed by atoms with Crippen LogP contribution in [0, 0.1) is 34.5 Å². The number of aliphatic hydroxyl groups is 1. The third kappa shape index (κ3) is 2.99. The minimum absolute atomic E-state index is 0.103. The van der Waals surface area contributed by atoms with Crippen LogP contribution in [0.25, 0.3) is 0 Å². The number of hydrogen-bond acceptors (Lipinski definition) is 1. The number of fused-ring (bicyclic) bond motifs is 5. The summed E-state index contributed by atoms with van der Waals surface area (Å²) in [6.45, 7) is 7.37. The van der Waals surface area contributed by atoms with Crippen molar-refractivity contribution in [2.24, 2.45) is 34.5 Å². The summed E-state index contributed by atoms with van der Waals surface area (Å²) in [5.41, 5.74) is 5.33. The smallest absolute Gasteiger partial charge is 0.0577 e. The summed E-state index contributed by atoms with van der Waals surface area (Å²) < 4.78 is 0. The summed E-state index contributed by atoms with van der Waals surface area (Å²) in [6, 6.07) is 0. The Bertz CT molecular complexity index is 823. The fraction of sp³-hybridized carbons (Fsp3) is 0.643. The second kappa shape index (κ2) is 7.12. The molecule has 0 aromatic heterocycles. The lowest BCUT2D eigenvalue weighted by Crippen LogP contribution is -2.50. The molecule has 5 rings (SSSR count). The lowest BCUT2D eigenvalue weighted by atomic mass is 9.47. The van der Waals surface area contributed by atoms with Crippen LogP contribution < -0.4 is 0 Å². The Kier molecular flexibility index (Phi) is 4.81.